The monoisotopic (exact) mass is 400 g/mol. The van der Waals surface area contributed by atoms with E-state index in [2.05, 4.69) is 38.9 Å². The largest absolute Gasteiger partial charge is 0.469 e. The second-order valence-corrected chi connectivity index (χ2v) is 6.51. The molecule has 6 heteroatoms. The van der Waals surface area contributed by atoms with Crippen LogP contribution in [0.25, 0.3) is 0 Å². The van der Waals surface area contributed by atoms with E-state index in [9.17, 15) is 5.26 Å². The third-order valence-electron chi connectivity index (χ3n) is 3.81. The first kappa shape index (κ1) is 18.9. The molecule has 2 rings (SSSR count). The fraction of sp³-hybridized carbons (Fsp3) is 0.316. The van der Waals surface area contributed by atoms with Gasteiger partial charge >= 0.3 is 0 Å². The van der Waals surface area contributed by atoms with Gasteiger partial charge in [-0.25, -0.2) is 9.98 Å². The number of hydrogen-bond donors (Lipinski definition) is 0. The van der Waals surface area contributed by atoms with E-state index < -0.39 is 0 Å². The molecule has 0 fully saturated rings. The first-order chi connectivity index (χ1) is 12.0. The normalized spacial score (nSPS) is 12.0. The molecule has 0 amide bonds. The summed E-state index contributed by atoms with van der Waals surface area (Å²) in [7, 11) is 1.97. The molecule has 0 aliphatic heterocycles. The molecule has 1 heterocycles. The Kier molecular flexibility index (Phi) is 6.54. The Balaban J connectivity index is 2.25. The Morgan fingerprint density at radius 1 is 1.44 bits per heavy atom. The zero-order valence-corrected chi connectivity index (χ0v) is 16.4. The van der Waals surface area contributed by atoms with Crippen LogP contribution in [0.15, 0.2) is 39.8 Å². The number of aryl methyl sites for hydroxylation is 1. The second-order valence-electron chi connectivity index (χ2n) is 5.66. The Labute approximate surface area is 157 Å². The van der Waals surface area contributed by atoms with Crippen LogP contribution in [0, 0.1) is 18.3 Å². The number of rotatable bonds is 6. The van der Waals surface area contributed by atoms with E-state index in [-0.39, 0.29) is 6.10 Å². The van der Waals surface area contributed by atoms with Crippen molar-refractivity contribution in [2.45, 2.75) is 26.9 Å². The number of nitrogens with zero attached hydrogens (tertiary/aromatic N) is 4. The first-order valence-corrected chi connectivity index (χ1v) is 8.82. The smallest absolute Gasteiger partial charge is 0.228 e. The molecule has 1 unspecified atom stereocenters. The summed E-state index contributed by atoms with van der Waals surface area (Å²) in [5.41, 5.74) is 3.00. The number of ether oxygens (including phenoxy) is 1. The number of aliphatic imine (C=N–C) groups is 1. The Morgan fingerprint density at radius 2 is 2.16 bits per heavy atom. The van der Waals surface area contributed by atoms with Crippen molar-refractivity contribution in [1.82, 2.24) is 9.88 Å². The van der Waals surface area contributed by atoms with Crippen LogP contribution >= 0.6 is 15.9 Å². The number of hydrogen-bond acceptors (Lipinski definition) is 4. The van der Waals surface area contributed by atoms with E-state index in [0.29, 0.717) is 11.4 Å². The van der Waals surface area contributed by atoms with Gasteiger partial charge in [0, 0.05) is 19.2 Å². The van der Waals surface area contributed by atoms with Crippen molar-refractivity contribution in [3.63, 3.8) is 0 Å². The summed E-state index contributed by atoms with van der Waals surface area (Å²) in [6.07, 6.45) is 1.49. The third-order valence-corrected chi connectivity index (χ3v) is 4.38. The van der Waals surface area contributed by atoms with E-state index in [4.69, 9.17) is 4.74 Å². The maximum absolute atomic E-state index is 9.24. The van der Waals surface area contributed by atoms with E-state index in [1.807, 2.05) is 50.1 Å². The van der Waals surface area contributed by atoms with Gasteiger partial charge < -0.3 is 9.64 Å². The Hall–Kier alpha value is -2.39. The quantitative estimate of drug-likeness (QED) is 0.517. The zero-order chi connectivity index (χ0) is 18.4. The zero-order valence-electron chi connectivity index (χ0n) is 14.8. The average Bonchev–Trinajstić information content (AvgIpc) is 2.62. The predicted molar refractivity (Wildman–Crippen MR) is 103 cm³/mol. The van der Waals surface area contributed by atoms with E-state index in [1.165, 1.54) is 0 Å². The van der Waals surface area contributed by atoms with Crippen molar-refractivity contribution in [1.29, 1.82) is 5.26 Å². The molecule has 0 spiro atoms. The molecule has 0 saturated heterocycles. The molecule has 0 aliphatic rings. The molecule has 0 saturated carbocycles. The van der Waals surface area contributed by atoms with E-state index in [1.54, 1.807) is 12.4 Å². The minimum atomic E-state index is -0.292. The van der Waals surface area contributed by atoms with E-state index in [0.717, 1.165) is 28.0 Å². The van der Waals surface area contributed by atoms with E-state index >= 15 is 0 Å². The molecule has 5 nitrogen and oxygen atoms in total. The van der Waals surface area contributed by atoms with Crippen molar-refractivity contribution >= 4 is 28.0 Å². The lowest BCUT2D eigenvalue weighted by Crippen LogP contribution is -2.14. The summed E-state index contributed by atoms with van der Waals surface area (Å²) in [6, 6.07) is 11.5. The summed E-state index contributed by atoms with van der Waals surface area (Å²) in [6.45, 7) is 6.74. The second kappa shape index (κ2) is 8.63. The summed E-state index contributed by atoms with van der Waals surface area (Å²) >= 11 is 3.50. The van der Waals surface area contributed by atoms with Gasteiger partial charge in [-0.05, 0) is 48.8 Å². The maximum Gasteiger partial charge on any atom is 0.228 e. The van der Waals surface area contributed by atoms with Gasteiger partial charge in [0.05, 0.1) is 33.8 Å². The molecular formula is C19H21BrN4O. The Morgan fingerprint density at radius 3 is 2.84 bits per heavy atom. The fourth-order valence-electron chi connectivity index (χ4n) is 2.19. The summed E-state index contributed by atoms with van der Waals surface area (Å²) < 4.78 is 6.71. The van der Waals surface area contributed by atoms with Crippen LogP contribution < -0.4 is 4.74 Å². The van der Waals surface area contributed by atoms with Crippen LogP contribution in [0.4, 0.5) is 5.69 Å². The SMILES string of the molecule is CCN(C)/C=N/c1cc(Br)c(OC(C)c2ccccc2C#N)nc1C. The highest BCUT2D eigenvalue weighted by molar-refractivity contribution is 9.10. The summed E-state index contributed by atoms with van der Waals surface area (Å²) in [4.78, 5) is 11.0. The van der Waals surface area contributed by atoms with Crippen molar-refractivity contribution in [2.24, 2.45) is 4.99 Å². The highest BCUT2D eigenvalue weighted by atomic mass is 79.9. The van der Waals surface area contributed by atoms with Crippen molar-refractivity contribution in [3.05, 3.63) is 51.6 Å². The van der Waals surface area contributed by atoms with Crippen LogP contribution in [0.1, 0.15) is 36.8 Å². The molecule has 0 aliphatic carbocycles. The molecule has 0 N–H and O–H groups in total. The molecule has 25 heavy (non-hydrogen) atoms. The van der Waals surface area contributed by atoms with Gasteiger partial charge in [0.1, 0.15) is 6.10 Å². The van der Waals surface area contributed by atoms with Crippen molar-refractivity contribution in [3.8, 4) is 11.9 Å². The average molecular weight is 401 g/mol. The highest BCUT2D eigenvalue weighted by Gasteiger charge is 2.15. The molecule has 130 valence electrons. The molecule has 0 bridgehead atoms. The third kappa shape index (κ3) is 4.80. The van der Waals surface area contributed by atoms with Gasteiger partial charge in [-0.1, -0.05) is 18.2 Å². The minimum Gasteiger partial charge on any atom is -0.469 e. The lowest BCUT2D eigenvalue weighted by Gasteiger charge is -2.17. The molecule has 1 aromatic carbocycles. The molecule has 2 aromatic rings. The Bertz CT molecular complexity index is 814. The van der Waals surface area contributed by atoms with Crippen LogP contribution in [0.3, 0.4) is 0 Å². The van der Waals surface area contributed by atoms with Gasteiger partial charge in [0.2, 0.25) is 5.88 Å². The van der Waals surface area contributed by atoms with Gasteiger partial charge in [0.15, 0.2) is 0 Å². The van der Waals surface area contributed by atoms with Crippen molar-refractivity contribution < 1.29 is 4.74 Å². The number of pyridine rings is 1. The standard InChI is InChI=1S/C19H21BrN4O/c1-5-24(4)12-22-18-10-17(20)19(23-13(18)2)25-14(3)16-9-7-6-8-15(16)11-21/h6-10,12,14H,5H2,1-4H3/b22-12+. The molecule has 1 aromatic heterocycles. The van der Waals surface area contributed by atoms with Crippen LogP contribution in [0.5, 0.6) is 5.88 Å². The van der Waals surface area contributed by atoms with Crippen molar-refractivity contribution in [2.75, 3.05) is 13.6 Å². The number of aromatic nitrogens is 1. The number of nitriles is 1. The molecular weight excluding hydrogens is 380 g/mol. The fourth-order valence-corrected chi connectivity index (χ4v) is 2.59. The lowest BCUT2D eigenvalue weighted by atomic mass is 10.0. The molecule has 0 radical (unpaired) electrons. The highest BCUT2D eigenvalue weighted by Crippen LogP contribution is 2.33. The van der Waals surface area contributed by atoms with Crippen LogP contribution in [-0.4, -0.2) is 29.8 Å². The number of benzene rings is 1. The topological polar surface area (TPSA) is 61.5 Å². The first-order valence-electron chi connectivity index (χ1n) is 8.03. The maximum atomic E-state index is 9.24. The number of halogens is 1. The van der Waals surface area contributed by atoms with Crippen LogP contribution in [0.2, 0.25) is 0 Å². The lowest BCUT2D eigenvalue weighted by molar-refractivity contribution is 0.215. The van der Waals surface area contributed by atoms with Gasteiger partial charge in [-0.15, -0.1) is 0 Å². The van der Waals surface area contributed by atoms with Crippen LogP contribution in [-0.2, 0) is 0 Å². The summed E-state index contributed by atoms with van der Waals surface area (Å²) in [5.74, 6) is 0.487. The minimum absolute atomic E-state index is 0.292. The van der Waals surface area contributed by atoms with Gasteiger partial charge in [-0.2, -0.15) is 5.26 Å². The van der Waals surface area contributed by atoms with Gasteiger partial charge in [0.25, 0.3) is 0 Å². The summed E-state index contributed by atoms with van der Waals surface area (Å²) in [5, 5.41) is 9.24. The van der Waals surface area contributed by atoms with Gasteiger partial charge in [-0.3, -0.25) is 0 Å². The molecule has 1 atom stereocenters. The predicted octanol–water partition coefficient (Wildman–Crippen LogP) is 4.78.